The Kier molecular flexibility index (Phi) is 6.21. The maximum absolute atomic E-state index is 14.1. The zero-order valence-electron chi connectivity index (χ0n) is 18.4. The van der Waals surface area contributed by atoms with Gasteiger partial charge >= 0.3 is 5.97 Å². The Bertz CT molecular complexity index is 1100. The van der Waals surface area contributed by atoms with Crippen molar-refractivity contribution in [1.29, 1.82) is 0 Å². The molecule has 0 radical (unpaired) electrons. The average molecular weight is 435 g/mol. The maximum atomic E-state index is 14.1. The van der Waals surface area contributed by atoms with Gasteiger partial charge in [0.15, 0.2) is 5.78 Å². The van der Waals surface area contributed by atoms with Crippen LogP contribution < -0.4 is 4.74 Å². The molecule has 4 rings (SSSR count). The lowest BCUT2D eigenvalue weighted by Gasteiger charge is -2.36. The van der Waals surface area contributed by atoms with E-state index in [9.17, 15) is 14.0 Å². The van der Waals surface area contributed by atoms with Gasteiger partial charge in [0, 0.05) is 29.3 Å². The van der Waals surface area contributed by atoms with E-state index in [4.69, 9.17) is 14.5 Å². The molecule has 3 atom stereocenters. The van der Waals surface area contributed by atoms with Crippen LogP contribution in [0, 0.1) is 11.7 Å². The Morgan fingerprint density at radius 3 is 2.53 bits per heavy atom. The summed E-state index contributed by atoms with van der Waals surface area (Å²) < 4.78 is 24.6. The minimum absolute atomic E-state index is 0.0176. The highest BCUT2D eigenvalue weighted by Gasteiger charge is 2.44. The van der Waals surface area contributed by atoms with Crippen molar-refractivity contribution in [3.05, 3.63) is 76.7 Å². The highest BCUT2D eigenvalue weighted by atomic mass is 19.1. The summed E-state index contributed by atoms with van der Waals surface area (Å²) in [4.78, 5) is 31.0. The predicted octanol–water partition coefficient (Wildman–Crippen LogP) is 4.97. The molecule has 0 fully saturated rings. The number of rotatable bonds is 5. The van der Waals surface area contributed by atoms with Crippen molar-refractivity contribution in [2.24, 2.45) is 10.9 Å². The van der Waals surface area contributed by atoms with Crippen LogP contribution in [0.25, 0.3) is 0 Å². The van der Waals surface area contributed by atoms with E-state index in [2.05, 4.69) is 0 Å². The molecular formula is C26H26FNO4. The molecule has 2 aromatic rings. The van der Waals surface area contributed by atoms with E-state index in [-0.39, 0.29) is 18.3 Å². The van der Waals surface area contributed by atoms with Gasteiger partial charge in [-0.15, -0.1) is 0 Å². The number of allylic oxidation sites excluding steroid dienone is 2. The van der Waals surface area contributed by atoms with E-state index in [1.807, 2.05) is 24.3 Å². The Balaban J connectivity index is 1.77. The second-order valence-electron chi connectivity index (χ2n) is 8.18. The highest BCUT2D eigenvalue weighted by Crippen LogP contribution is 2.47. The molecule has 1 aliphatic heterocycles. The summed E-state index contributed by atoms with van der Waals surface area (Å²) in [6.45, 7) is 3.73. The summed E-state index contributed by atoms with van der Waals surface area (Å²) in [6, 6.07) is 13.8. The molecule has 2 aliphatic rings. The third-order valence-corrected chi connectivity index (χ3v) is 6.22. The van der Waals surface area contributed by atoms with Gasteiger partial charge in [-0.2, -0.15) is 0 Å². The van der Waals surface area contributed by atoms with Crippen molar-refractivity contribution in [3.8, 4) is 5.75 Å². The summed E-state index contributed by atoms with van der Waals surface area (Å²) in [7, 11) is 1.61. The second-order valence-corrected chi connectivity index (χ2v) is 8.18. The van der Waals surface area contributed by atoms with Crippen LogP contribution in [0.3, 0.4) is 0 Å². The van der Waals surface area contributed by atoms with Crippen LogP contribution in [0.15, 0.2) is 64.8 Å². The predicted molar refractivity (Wildman–Crippen MR) is 119 cm³/mol. The number of ketones is 1. The van der Waals surface area contributed by atoms with Gasteiger partial charge in [0.1, 0.15) is 17.5 Å². The number of benzene rings is 2. The van der Waals surface area contributed by atoms with Gasteiger partial charge in [-0.3, -0.25) is 14.6 Å². The number of Topliss-reactive ketones (excluding diaryl/α,β-unsaturated/α-hetero) is 1. The fraction of sp³-hybridized carbons (Fsp3) is 0.346. The Hall–Kier alpha value is -3.28. The van der Waals surface area contributed by atoms with Crippen molar-refractivity contribution in [2.45, 2.75) is 38.5 Å². The molecule has 166 valence electrons. The first-order chi connectivity index (χ1) is 15.4. The molecule has 0 spiro atoms. The highest BCUT2D eigenvalue weighted by molar-refractivity contribution is 6.09. The molecule has 1 aliphatic carbocycles. The topological polar surface area (TPSA) is 65.0 Å². The number of nitrogens with zero attached hydrogens (tertiary/aromatic N) is 1. The number of hydrogen-bond donors (Lipinski definition) is 0. The summed E-state index contributed by atoms with van der Waals surface area (Å²) in [5.74, 6) is -1.54. The van der Waals surface area contributed by atoms with E-state index in [1.54, 1.807) is 33.1 Å². The minimum Gasteiger partial charge on any atom is -0.497 e. The third-order valence-electron chi connectivity index (χ3n) is 6.22. The lowest BCUT2D eigenvalue weighted by molar-refractivity contribution is -0.146. The standard InChI is InChI=1S/C26H26FNO4/c1-4-32-26(30)23-15(2)28-21-13-18(16-8-10-20(31-3)11-9-16)14-22(29)25(21)24(23)17-6-5-7-19(27)12-17/h5-12,18,23-24H,4,13-14H2,1-3H3/t18-,23?,24+/m0/s1. The van der Waals surface area contributed by atoms with Gasteiger partial charge in [0.25, 0.3) is 0 Å². The quantitative estimate of drug-likeness (QED) is 0.622. The number of methoxy groups -OCH3 is 1. The number of carbonyl (C=O) groups is 2. The molecule has 6 heteroatoms. The molecule has 0 saturated carbocycles. The molecule has 0 N–H and O–H groups in total. The first-order valence-corrected chi connectivity index (χ1v) is 10.8. The first-order valence-electron chi connectivity index (χ1n) is 10.8. The van der Waals surface area contributed by atoms with Gasteiger partial charge in [0.05, 0.1) is 13.7 Å². The molecule has 5 nitrogen and oxygen atoms in total. The normalized spacial score (nSPS) is 22.8. The van der Waals surface area contributed by atoms with Crippen LogP contribution in [0.2, 0.25) is 0 Å². The third kappa shape index (κ3) is 4.09. The van der Waals surface area contributed by atoms with Crippen LogP contribution in [0.1, 0.15) is 49.7 Å². The van der Waals surface area contributed by atoms with Crippen LogP contribution >= 0.6 is 0 Å². The van der Waals surface area contributed by atoms with E-state index in [0.717, 1.165) is 11.3 Å². The van der Waals surface area contributed by atoms with Crippen LogP contribution in [-0.4, -0.2) is 31.2 Å². The van der Waals surface area contributed by atoms with Crippen molar-refractivity contribution in [1.82, 2.24) is 0 Å². The lowest BCUT2D eigenvalue weighted by Crippen LogP contribution is -2.38. The van der Waals surface area contributed by atoms with E-state index >= 15 is 0 Å². The number of halogens is 1. The van der Waals surface area contributed by atoms with Crippen LogP contribution in [0.5, 0.6) is 5.75 Å². The summed E-state index contributed by atoms with van der Waals surface area (Å²) in [5, 5.41) is 0. The summed E-state index contributed by atoms with van der Waals surface area (Å²) in [6.07, 6.45) is 0.882. The zero-order chi connectivity index (χ0) is 22.8. The van der Waals surface area contributed by atoms with E-state index < -0.39 is 23.6 Å². The van der Waals surface area contributed by atoms with Gasteiger partial charge in [-0.05, 0) is 61.6 Å². The second kappa shape index (κ2) is 9.07. The van der Waals surface area contributed by atoms with Crippen molar-refractivity contribution >= 4 is 17.5 Å². The average Bonchev–Trinajstić information content (AvgIpc) is 2.78. The smallest absolute Gasteiger partial charge is 0.315 e. The molecule has 0 aromatic heterocycles. The number of ether oxygens (including phenoxy) is 2. The SMILES string of the molecule is CCOC(=O)C1C(C)=NC2=C(C(=O)C[C@@H](c3ccc(OC)cc3)C2)[C@@H]1c1cccc(F)c1. The zero-order valence-corrected chi connectivity index (χ0v) is 18.4. The lowest BCUT2D eigenvalue weighted by atomic mass is 9.69. The maximum Gasteiger partial charge on any atom is 0.315 e. The fourth-order valence-electron chi connectivity index (χ4n) is 4.77. The van der Waals surface area contributed by atoms with Gasteiger partial charge in [-0.25, -0.2) is 4.39 Å². The Labute approximate surface area is 187 Å². The van der Waals surface area contributed by atoms with Crippen molar-refractivity contribution < 1.29 is 23.5 Å². The minimum atomic E-state index is -0.753. The number of esters is 1. The Morgan fingerprint density at radius 1 is 1.12 bits per heavy atom. The van der Waals surface area contributed by atoms with Crippen molar-refractivity contribution in [2.75, 3.05) is 13.7 Å². The molecule has 0 amide bonds. The van der Waals surface area contributed by atoms with E-state index in [1.165, 1.54) is 12.1 Å². The van der Waals surface area contributed by atoms with E-state index in [0.29, 0.717) is 35.4 Å². The number of aliphatic imine (C=N–C) groups is 1. The van der Waals surface area contributed by atoms with Crippen LogP contribution in [-0.2, 0) is 14.3 Å². The molecule has 0 bridgehead atoms. The largest absolute Gasteiger partial charge is 0.497 e. The summed E-state index contributed by atoms with van der Waals surface area (Å²) in [5.41, 5.74) is 3.38. The molecule has 0 saturated heterocycles. The number of carbonyl (C=O) groups excluding carboxylic acids is 2. The van der Waals surface area contributed by atoms with Gasteiger partial charge < -0.3 is 9.47 Å². The molecule has 2 aromatic carbocycles. The van der Waals surface area contributed by atoms with Crippen molar-refractivity contribution in [3.63, 3.8) is 0 Å². The van der Waals surface area contributed by atoms with Gasteiger partial charge in [0.2, 0.25) is 0 Å². The molecule has 32 heavy (non-hydrogen) atoms. The number of hydrogen-bond acceptors (Lipinski definition) is 5. The molecule has 1 unspecified atom stereocenters. The first kappa shape index (κ1) is 21.9. The molecule has 1 heterocycles. The summed E-state index contributed by atoms with van der Waals surface area (Å²) >= 11 is 0. The van der Waals surface area contributed by atoms with Crippen LogP contribution in [0.4, 0.5) is 4.39 Å². The Morgan fingerprint density at radius 2 is 1.88 bits per heavy atom. The monoisotopic (exact) mass is 435 g/mol. The fourth-order valence-corrected chi connectivity index (χ4v) is 4.77. The molecular weight excluding hydrogens is 409 g/mol. The van der Waals surface area contributed by atoms with Gasteiger partial charge in [-0.1, -0.05) is 24.3 Å².